The van der Waals surface area contributed by atoms with Crippen LogP contribution < -0.4 is 11.1 Å². The zero-order valence-electron chi connectivity index (χ0n) is 9.42. The van der Waals surface area contributed by atoms with Crippen molar-refractivity contribution in [1.29, 1.82) is 0 Å². The summed E-state index contributed by atoms with van der Waals surface area (Å²) in [5.74, 6) is -3.78. The molecule has 0 fully saturated rings. The summed E-state index contributed by atoms with van der Waals surface area (Å²) in [6.07, 6.45) is 0. The van der Waals surface area contributed by atoms with Crippen LogP contribution in [0.2, 0.25) is 5.02 Å². The molecule has 1 aromatic rings. The lowest BCUT2D eigenvalue weighted by molar-refractivity contribution is -0.0477. The molecule has 0 spiro atoms. The van der Waals surface area contributed by atoms with Crippen molar-refractivity contribution < 1.29 is 18.7 Å². The highest BCUT2D eigenvalue weighted by atomic mass is 35.5. The minimum absolute atomic E-state index is 0.105. The number of alkyl halides is 2. The second-order valence-corrected chi connectivity index (χ2v) is 4.20. The quantitative estimate of drug-likeness (QED) is 0.731. The number of primary amides is 1. The Balaban J connectivity index is 2.61. The SMILES string of the molecule is NC(=O)c1ccc(CNCC(F)(F)CO)c(Cl)c1. The molecule has 0 radical (unpaired) electrons. The van der Waals surface area contributed by atoms with Gasteiger partial charge in [0, 0.05) is 17.1 Å². The Morgan fingerprint density at radius 1 is 1.50 bits per heavy atom. The molecule has 0 atom stereocenters. The van der Waals surface area contributed by atoms with E-state index in [9.17, 15) is 13.6 Å². The van der Waals surface area contributed by atoms with E-state index in [1.807, 2.05) is 0 Å². The van der Waals surface area contributed by atoms with Crippen LogP contribution in [-0.4, -0.2) is 30.1 Å². The molecule has 0 saturated carbocycles. The molecule has 1 aromatic carbocycles. The summed E-state index contributed by atoms with van der Waals surface area (Å²) in [5.41, 5.74) is 5.89. The summed E-state index contributed by atoms with van der Waals surface area (Å²) < 4.78 is 25.4. The largest absolute Gasteiger partial charge is 0.390 e. The summed E-state index contributed by atoms with van der Waals surface area (Å²) in [6.45, 7) is -1.76. The highest BCUT2D eigenvalue weighted by molar-refractivity contribution is 6.31. The fourth-order valence-electron chi connectivity index (χ4n) is 1.28. The Bertz CT molecular complexity index is 441. The first-order valence-corrected chi connectivity index (χ1v) is 5.51. The maximum Gasteiger partial charge on any atom is 0.282 e. The minimum Gasteiger partial charge on any atom is -0.390 e. The zero-order valence-corrected chi connectivity index (χ0v) is 10.2. The van der Waals surface area contributed by atoms with Gasteiger partial charge in [0.25, 0.3) is 5.92 Å². The molecule has 0 aliphatic rings. The van der Waals surface area contributed by atoms with E-state index in [1.165, 1.54) is 18.2 Å². The number of hydrogen-bond donors (Lipinski definition) is 3. The molecular formula is C11H13ClF2N2O2. The predicted octanol–water partition coefficient (Wildman–Crippen LogP) is 1.16. The van der Waals surface area contributed by atoms with Gasteiger partial charge in [0.05, 0.1) is 6.54 Å². The van der Waals surface area contributed by atoms with Crippen molar-refractivity contribution in [2.24, 2.45) is 5.73 Å². The summed E-state index contributed by atoms with van der Waals surface area (Å²) >= 11 is 5.87. The smallest absolute Gasteiger partial charge is 0.282 e. The Morgan fingerprint density at radius 3 is 2.67 bits per heavy atom. The van der Waals surface area contributed by atoms with Gasteiger partial charge in [-0.15, -0.1) is 0 Å². The number of hydrogen-bond acceptors (Lipinski definition) is 3. The van der Waals surface area contributed by atoms with E-state index in [0.29, 0.717) is 5.56 Å². The van der Waals surface area contributed by atoms with Gasteiger partial charge in [0.15, 0.2) is 0 Å². The highest BCUT2D eigenvalue weighted by Crippen LogP contribution is 2.18. The molecule has 100 valence electrons. The number of halogens is 3. The predicted molar refractivity (Wildman–Crippen MR) is 63.7 cm³/mol. The van der Waals surface area contributed by atoms with Crippen LogP contribution in [0, 0.1) is 0 Å². The number of carbonyl (C=O) groups excluding carboxylic acids is 1. The Labute approximate surface area is 108 Å². The van der Waals surface area contributed by atoms with Crippen LogP contribution in [0.1, 0.15) is 15.9 Å². The van der Waals surface area contributed by atoms with Crippen LogP contribution in [-0.2, 0) is 6.54 Å². The molecule has 0 aliphatic carbocycles. The molecule has 0 aromatic heterocycles. The van der Waals surface area contributed by atoms with E-state index in [1.54, 1.807) is 0 Å². The topological polar surface area (TPSA) is 75.4 Å². The molecule has 18 heavy (non-hydrogen) atoms. The molecule has 0 bridgehead atoms. The molecule has 0 unspecified atom stereocenters. The summed E-state index contributed by atoms with van der Waals surface area (Å²) in [5, 5.41) is 11.1. The van der Waals surface area contributed by atoms with Crippen LogP contribution in [0.15, 0.2) is 18.2 Å². The van der Waals surface area contributed by atoms with E-state index in [0.717, 1.165) is 0 Å². The third-order valence-electron chi connectivity index (χ3n) is 2.27. The van der Waals surface area contributed by atoms with Crippen LogP contribution in [0.5, 0.6) is 0 Å². The van der Waals surface area contributed by atoms with Crippen molar-refractivity contribution in [2.45, 2.75) is 12.5 Å². The Kier molecular flexibility index (Phi) is 5.01. The Morgan fingerprint density at radius 2 is 2.17 bits per heavy atom. The third-order valence-corrected chi connectivity index (χ3v) is 2.62. The maximum absolute atomic E-state index is 12.7. The van der Waals surface area contributed by atoms with Gasteiger partial charge < -0.3 is 16.2 Å². The van der Waals surface area contributed by atoms with Gasteiger partial charge >= 0.3 is 0 Å². The second kappa shape index (κ2) is 6.08. The first-order valence-electron chi connectivity index (χ1n) is 5.13. The first kappa shape index (κ1) is 14.8. The van der Waals surface area contributed by atoms with E-state index in [-0.39, 0.29) is 17.1 Å². The van der Waals surface area contributed by atoms with E-state index < -0.39 is 25.0 Å². The Hall–Kier alpha value is -1.24. The molecule has 0 heterocycles. The maximum atomic E-state index is 12.7. The summed E-state index contributed by atoms with van der Waals surface area (Å²) in [4.78, 5) is 10.9. The van der Waals surface area contributed by atoms with Gasteiger partial charge in [0.1, 0.15) is 6.61 Å². The van der Waals surface area contributed by atoms with Gasteiger partial charge in [-0.25, -0.2) is 8.78 Å². The average Bonchev–Trinajstić information content (AvgIpc) is 2.31. The van der Waals surface area contributed by atoms with Crippen LogP contribution in [0.25, 0.3) is 0 Å². The van der Waals surface area contributed by atoms with E-state index in [4.69, 9.17) is 22.4 Å². The van der Waals surface area contributed by atoms with Crippen LogP contribution in [0.3, 0.4) is 0 Å². The van der Waals surface area contributed by atoms with Crippen LogP contribution in [0.4, 0.5) is 8.78 Å². The van der Waals surface area contributed by atoms with Crippen molar-refractivity contribution in [2.75, 3.05) is 13.2 Å². The van der Waals surface area contributed by atoms with Crippen molar-refractivity contribution in [3.8, 4) is 0 Å². The second-order valence-electron chi connectivity index (χ2n) is 3.79. The van der Waals surface area contributed by atoms with Gasteiger partial charge in [-0.3, -0.25) is 4.79 Å². The third kappa shape index (κ3) is 4.21. The molecule has 7 heteroatoms. The lowest BCUT2D eigenvalue weighted by Gasteiger charge is -2.14. The van der Waals surface area contributed by atoms with E-state index in [2.05, 4.69) is 5.32 Å². The van der Waals surface area contributed by atoms with Gasteiger partial charge in [-0.1, -0.05) is 17.7 Å². The highest BCUT2D eigenvalue weighted by Gasteiger charge is 2.26. The first-order chi connectivity index (χ1) is 8.35. The number of benzene rings is 1. The molecule has 1 rings (SSSR count). The molecule has 4 nitrogen and oxygen atoms in total. The normalized spacial score (nSPS) is 11.6. The lowest BCUT2D eigenvalue weighted by Crippen LogP contribution is -2.35. The number of carbonyl (C=O) groups is 1. The minimum atomic E-state index is -3.17. The average molecular weight is 279 g/mol. The number of rotatable bonds is 6. The lowest BCUT2D eigenvalue weighted by atomic mass is 10.1. The van der Waals surface area contributed by atoms with Crippen LogP contribution >= 0.6 is 11.6 Å². The fourth-order valence-corrected chi connectivity index (χ4v) is 1.53. The number of aliphatic hydroxyl groups excluding tert-OH is 1. The van der Waals surface area contributed by atoms with Gasteiger partial charge in [0.2, 0.25) is 5.91 Å². The van der Waals surface area contributed by atoms with E-state index >= 15 is 0 Å². The molecular weight excluding hydrogens is 266 g/mol. The zero-order chi connectivity index (χ0) is 13.8. The number of nitrogens with two attached hydrogens (primary N) is 1. The summed E-state index contributed by atoms with van der Waals surface area (Å²) in [6, 6.07) is 4.38. The van der Waals surface area contributed by atoms with Crippen molar-refractivity contribution in [1.82, 2.24) is 5.32 Å². The molecule has 4 N–H and O–H groups in total. The number of nitrogens with one attached hydrogen (secondary N) is 1. The molecule has 0 aliphatic heterocycles. The number of amides is 1. The monoisotopic (exact) mass is 278 g/mol. The summed E-state index contributed by atoms with van der Waals surface area (Å²) in [7, 11) is 0. The van der Waals surface area contributed by atoms with Crippen molar-refractivity contribution in [3.63, 3.8) is 0 Å². The van der Waals surface area contributed by atoms with Crippen molar-refractivity contribution in [3.05, 3.63) is 34.3 Å². The molecule has 1 amide bonds. The fraction of sp³-hybridized carbons (Fsp3) is 0.364. The van der Waals surface area contributed by atoms with Crippen molar-refractivity contribution >= 4 is 17.5 Å². The molecule has 0 saturated heterocycles. The van der Waals surface area contributed by atoms with Gasteiger partial charge in [-0.05, 0) is 17.7 Å². The standard InChI is InChI=1S/C11H13ClF2N2O2/c12-9-3-7(10(15)18)1-2-8(9)4-16-5-11(13,14)6-17/h1-3,16-17H,4-6H2,(H2,15,18). The number of aliphatic hydroxyl groups is 1. The van der Waals surface area contributed by atoms with Gasteiger partial charge in [-0.2, -0.15) is 0 Å².